The third-order valence-corrected chi connectivity index (χ3v) is 3.76. The van der Waals surface area contributed by atoms with E-state index in [0.29, 0.717) is 14.7 Å². The lowest BCUT2D eigenvalue weighted by molar-refractivity contribution is -0.452. The molecule has 1 heterocycles. The molecule has 0 saturated heterocycles. The smallest absolute Gasteiger partial charge is 0.361 e. The van der Waals surface area contributed by atoms with Gasteiger partial charge in [0.05, 0.1) is 16.6 Å². The van der Waals surface area contributed by atoms with Gasteiger partial charge in [0.2, 0.25) is 5.69 Å². The molecule has 0 radical (unpaired) electrons. The molecule has 0 spiro atoms. The van der Waals surface area contributed by atoms with E-state index in [9.17, 15) is 14.9 Å². The predicted molar refractivity (Wildman–Crippen MR) is 90.5 cm³/mol. The van der Waals surface area contributed by atoms with E-state index in [0.717, 1.165) is 0 Å². The number of carbonyl (C=O) groups is 1. The van der Waals surface area contributed by atoms with E-state index in [1.54, 1.807) is 37.3 Å². The van der Waals surface area contributed by atoms with Crippen LogP contribution in [-0.4, -0.2) is 17.3 Å². The highest BCUT2D eigenvalue weighted by atomic mass is 35.5. The zero-order valence-electron chi connectivity index (χ0n) is 12.7. The van der Waals surface area contributed by atoms with E-state index >= 15 is 0 Å². The number of hydrogen-bond donors (Lipinski definition) is 0. The lowest BCUT2D eigenvalue weighted by Crippen LogP contribution is -2.28. The number of esters is 1. The largest absolute Gasteiger partial charge is 0.805 e. The number of benzene rings is 2. The zero-order chi connectivity index (χ0) is 17.3. The molecule has 0 saturated carbocycles. The van der Waals surface area contributed by atoms with Crippen molar-refractivity contribution in [3.63, 3.8) is 0 Å². The maximum Gasteiger partial charge on any atom is 0.361 e. The van der Waals surface area contributed by atoms with E-state index in [1.807, 2.05) is 0 Å². The Kier molecular flexibility index (Phi) is 4.22. The summed E-state index contributed by atoms with van der Waals surface area (Å²) < 4.78 is 5.92. The van der Waals surface area contributed by atoms with Gasteiger partial charge in [0.1, 0.15) is 5.52 Å². The third-order valence-electron chi connectivity index (χ3n) is 3.52. The van der Waals surface area contributed by atoms with Gasteiger partial charge in [-0.15, -0.1) is 0 Å². The Labute approximate surface area is 142 Å². The van der Waals surface area contributed by atoms with Gasteiger partial charge in [-0.1, -0.05) is 29.8 Å². The number of ether oxygens (including phenoxy) is 1. The number of rotatable bonds is 3. The quantitative estimate of drug-likeness (QED) is 0.539. The molecular weight excluding hydrogens is 332 g/mol. The fourth-order valence-corrected chi connectivity index (χ4v) is 2.66. The zero-order valence-corrected chi connectivity index (χ0v) is 13.5. The Morgan fingerprint density at radius 2 is 1.96 bits per heavy atom. The summed E-state index contributed by atoms with van der Waals surface area (Å²) in [4.78, 5) is 25.1. The van der Waals surface area contributed by atoms with E-state index in [2.05, 4.69) is 0 Å². The Balaban J connectivity index is 2.46. The molecule has 2 aromatic carbocycles. The van der Waals surface area contributed by atoms with Crippen LogP contribution in [-0.2, 0) is 4.74 Å². The summed E-state index contributed by atoms with van der Waals surface area (Å²) in [5.41, 5.74) is 0.130. The Hall–Kier alpha value is -2.86. The molecule has 0 fully saturated rings. The molecular formula is C17H13ClN2O4. The minimum atomic E-state index is -0.863. The average Bonchev–Trinajstić information content (AvgIpc) is 2.58. The molecule has 0 unspecified atom stereocenters. The van der Waals surface area contributed by atoms with Crippen molar-refractivity contribution in [1.29, 1.82) is 0 Å². The highest BCUT2D eigenvalue weighted by molar-refractivity contribution is 6.31. The molecule has 24 heavy (non-hydrogen) atoms. The lowest BCUT2D eigenvalue weighted by Gasteiger charge is -2.18. The minimum Gasteiger partial charge on any atom is -0.805 e. The average molecular weight is 345 g/mol. The Morgan fingerprint density at radius 3 is 2.62 bits per heavy atom. The second-order valence-electron chi connectivity index (χ2n) is 5.01. The van der Waals surface area contributed by atoms with Crippen LogP contribution in [0.2, 0.25) is 5.02 Å². The molecule has 3 rings (SSSR count). The monoisotopic (exact) mass is 344 g/mol. The van der Waals surface area contributed by atoms with Crippen molar-refractivity contribution < 1.29 is 14.0 Å². The van der Waals surface area contributed by atoms with Gasteiger partial charge < -0.3 is 14.7 Å². The topological polar surface area (TPSA) is 77.3 Å². The highest BCUT2D eigenvalue weighted by Crippen LogP contribution is 2.25. The second kappa shape index (κ2) is 6.33. The van der Waals surface area contributed by atoms with Gasteiger partial charge >= 0.3 is 11.7 Å². The van der Waals surface area contributed by atoms with Gasteiger partial charge in [0.25, 0.3) is 5.52 Å². The highest BCUT2D eigenvalue weighted by Gasteiger charge is 2.29. The molecule has 6 nitrogen and oxygen atoms in total. The summed E-state index contributed by atoms with van der Waals surface area (Å²) in [5.74, 6) is -0.863. The molecule has 0 bridgehead atoms. The van der Waals surface area contributed by atoms with Crippen molar-refractivity contribution >= 4 is 28.6 Å². The van der Waals surface area contributed by atoms with E-state index in [4.69, 9.17) is 16.3 Å². The van der Waals surface area contributed by atoms with Gasteiger partial charge in [-0.3, -0.25) is 0 Å². The van der Waals surface area contributed by atoms with Crippen LogP contribution in [0.3, 0.4) is 0 Å². The first-order valence-corrected chi connectivity index (χ1v) is 7.63. The normalized spacial score (nSPS) is 10.8. The van der Waals surface area contributed by atoms with Crippen molar-refractivity contribution in [3.05, 3.63) is 69.4 Å². The van der Waals surface area contributed by atoms with Crippen molar-refractivity contribution in [1.82, 2.24) is 4.73 Å². The molecule has 3 aromatic rings. The van der Waals surface area contributed by atoms with E-state index < -0.39 is 5.97 Å². The molecule has 0 aliphatic carbocycles. The molecule has 7 heteroatoms. The van der Waals surface area contributed by atoms with Gasteiger partial charge in [0, 0.05) is 16.0 Å². The number of halogens is 1. The van der Waals surface area contributed by atoms with E-state index in [1.165, 1.54) is 18.2 Å². The summed E-state index contributed by atoms with van der Waals surface area (Å²) in [5, 5.41) is 13.0. The Morgan fingerprint density at radius 1 is 1.25 bits per heavy atom. The predicted octanol–water partition coefficient (Wildman–Crippen LogP) is 3.40. The number of hydrogen-bond acceptors (Lipinski definition) is 4. The molecule has 1 aromatic heterocycles. The van der Waals surface area contributed by atoms with Gasteiger partial charge in [-0.25, -0.2) is 4.79 Å². The number of fused-ring (bicyclic) bond motifs is 1. The first-order valence-electron chi connectivity index (χ1n) is 7.25. The summed E-state index contributed by atoms with van der Waals surface area (Å²) in [7, 11) is 0. The van der Waals surface area contributed by atoms with Gasteiger partial charge in [-0.05, 0) is 31.2 Å². The minimum absolute atomic E-state index is 0.000217. The van der Waals surface area contributed by atoms with Crippen LogP contribution < -0.4 is 4.43 Å². The van der Waals surface area contributed by atoms with Crippen molar-refractivity contribution in [2.45, 2.75) is 6.92 Å². The van der Waals surface area contributed by atoms with Crippen molar-refractivity contribution in [3.8, 4) is 11.3 Å². The first kappa shape index (κ1) is 16.0. The van der Waals surface area contributed by atoms with Crippen LogP contribution >= 0.6 is 11.6 Å². The number of nitrogens with zero attached hydrogens (tertiary/aromatic N) is 2. The van der Waals surface area contributed by atoms with Crippen LogP contribution in [0.1, 0.15) is 17.4 Å². The van der Waals surface area contributed by atoms with Crippen LogP contribution in [0.25, 0.3) is 22.3 Å². The van der Waals surface area contributed by atoms with Crippen molar-refractivity contribution in [2.24, 2.45) is 0 Å². The van der Waals surface area contributed by atoms with Crippen LogP contribution in [0, 0.1) is 10.1 Å². The summed E-state index contributed by atoms with van der Waals surface area (Å²) in [6.07, 6.45) is 0. The van der Waals surface area contributed by atoms with Crippen molar-refractivity contribution in [2.75, 3.05) is 6.61 Å². The number of aromatic nitrogens is 2. The summed E-state index contributed by atoms with van der Waals surface area (Å²) in [6.45, 7) is 1.71. The van der Waals surface area contributed by atoms with Crippen LogP contribution in [0.15, 0.2) is 48.5 Å². The number of carbonyl (C=O) groups excluding carboxylic acids is 1. The summed E-state index contributed by atoms with van der Waals surface area (Å²) >= 11 is 5.91. The fraction of sp³-hybridized carbons (Fsp3) is 0.118. The SMILES string of the molecule is CCOC(=O)c1c(-c2ccccc2)[n+](=O)c2ccc(Cl)cc2n1[O-]. The van der Waals surface area contributed by atoms with Crippen LogP contribution in [0.4, 0.5) is 0 Å². The van der Waals surface area contributed by atoms with Crippen LogP contribution in [0.5, 0.6) is 0 Å². The molecule has 0 atom stereocenters. The summed E-state index contributed by atoms with van der Waals surface area (Å²) in [6, 6.07) is 12.8. The fourth-order valence-electron chi connectivity index (χ4n) is 2.49. The maximum absolute atomic E-state index is 12.8. The lowest BCUT2D eigenvalue weighted by atomic mass is 10.1. The molecule has 0 amide bonds. The maximum atomic E-state index is 12.8. The molecule has 0 aliphatic rings. The molecule has 0 N–H and O–H groups in total. The Bertz CT molecular complexity index is 983. The second-order valence-corrected chi connectivity index (χ2v) is 5.44. The standard InChI is InChI=1S/C17H13ClN2O4/c1-2-24-17(21)16-15(11-6-4-3-5-7-11)19(22)13-9-8-12(18)10-14(13)20(16)23/h3-10H,2H2,1H3. The molecule has 122 valence electrons. The van der Waals surface area contributed by atoms with E-state index in [-0.39, 0.29) is 34.1 Å². The van der Waals surface area contributed by atoms with Gasteiger partial charge in [-0.2, -0.15) is 0 Å². The first-order chi connectivity index (χ1) is 11.5. The molecule has 0 aliphatic heterocycles. The third kappa shape index (κ3) is 2.61. The van der Waals surface area contributed by atoms with Gasteiger partial charge in [0.15, 0.2) is 0 Å².